The fourth-order valence-corrected chi connectivity index (χ4v) is 10.3. The first-order valence-electron chi connectivity index (χ1n) is 23.0. The molecule has 3 fully saturated rings. The second-order valence-corrected chi connectivity index (χ2v) is 19.0. The Labute approximate surface area is 390 Å². The highest BCUT2D eigenvalue weighted by Gasteiger charge is 2.47. The fourth-order valence-electron chi connectivity index (χ4n) is 10.1. The Kier molecular flexibility index (Phi) is 13.8. The lowest BCUT2D eigenvalue weighted by Crippen LogP contribution is -2.54. The van der Waals surface area contributed by atoms with Crippen LogP contribution in [-0.2, 0) is 23.8 Å². The number of likely N-dealkylation sites (tertiary alicyclic amines) is 2. The van der Waals surface area contributed by atoms with Gasteiger partial charge in [0.2, 0.25) is 11.8 Å². The van der Waals surface area contributed by atoms with Crippen molar-refractivity contribution in [3.05, 3.63) is 83.7 Å². The number of aromatic nitrogens is 4. The molecule has 350 valence electrons. The molecule has 0 bridgehead atoms. The number of alkyl carbamates (subject to hydrolysis) is 2. The minimum atomic E-state index is -0.755. The van der Waals surface area contributed by atoms with E-state index >= 15 is 0 Å². The highest BCUT2D eigenvalue weighted by atomic mass is 35.5. The van der Waals surface area contributed by atoms with Crippen LogP contribution in [-0.4, -0.2) is 105 Å². The molecular formula is C50H61ClN8O7. The van der Waals surface area contributed by atoms with Crippen LogP contribution in [0.15, 0.2) is 66.9 Å². The summed E-state index contributed by atoms with van der Waals surface area (Å²) in [5.74, 6) is 1.23. The molecule has 5 aromatic rings. The first-order valence-corrected chi connectivity index (χ1v) is 23.4. The molecular weight excluding hydrogens is 860 g/mol. The Morgan fingerprint density at radius 2 is 1.27 bits per heavy atom. The molecule has 16 heteroatoms. The molecule has 0 aliphatic carbocycles. The molecule has 0 saturated carbocycles. The maximum absolute atomic E-state index is 14.4. The normalized spacial score (nSPS) is 23.2. The van der Waals surface area contributed by atoms with Gasteiger partial charge in [0.25, 0.3) is 0 Å². The van der Waals surface area contributed by atoms with Crippen LogP contribution in [0.3, 0.4) is 0 Å². The molecule has 3 aliphatic heterocycles. The van der Waals surface area contributed by atoms with Gasteiger partial charge in [-0.3, -0.25) is 9.59 Å². The van der Waals surface area contributed by atoms with E-state index in [0.717, 1.165) is 45.1 Å². The molecule has 4 N–H and O–H groups in total. The van der Waals surface area contributed by atoms with Crippen LogP contribution in [0, 0.1) is 23.7 Å². The molecule has 0 radical (unpaired) electrons. The summed E-state index contributed by atoms with van der Waals surface area (Å²) in [6.07, 6.45) is 3.36. The summed E-state index contributed by atoms with van der Waals surface area (Å²) in [5, 5.41) is 8.11. The van der Waals surface area contributed by atoms with Crippen LogP contribution in [0.4, 0.5) is 9.59 Å². The summed E-state index contributed by atoms with van der Waals surface area (Å²) < 4.78 is 15.3. The van der Waals surface area contributed by atoms with Crippen molar-refractivity contribution in [1.29, 1.82) is 0 Å². The number of carbonyl (C=O) groups excluding carboxylic acids is 4. The molecule has 0 unspecified atom stereocenters. The number of amides is 4. The van der Waals surface area contributed by atoms with Gasteiger partial charge in [-0.25, -0.2) is 19.6 Å². The molecule has 5 heterocycles. The van der Waals surface area contributed by atoms with Crippen LogP contribution in [0.25, 0.3) is 44.4 Å². The number of imidazole rings is 2. The van der Waals surface area contributed by atoms with Crippen molar-refractivity contribution in [2.75, 3.05) is 27.4 Å². The maximum Gasteiger partial charge on any atom is 0.407 e. The van der Waals surface area contributed by atoms with Crippen LogP contribution >= 0.6 is 11.6 Å². The number of H-pyrrole nitrogens is 2. The number of carbonyl (C=O) groups is 4. The number of aromatic amines is 2. The van der Waals surface area contributed by atoms with E-state index in [9.17, 15) is 19.2 Å². The van der Waals surface area contributed by atoms with Gasteiger partial charge in [0.1, 0.15) is 34.6 Å². The number of nitrogens with one attached hydrogen (secondary N) is 4. The van der Waals surface area contributed by atoms with Crippen LogP contribution in [0.5, 0.6) is 0 Å². The zero-order valence-electron chi connectivity index (χ0n) is 38.9. The van der Waals surface area contributed by atoms with Gasteiger partial charge in [0, 0.05) is 36.4 Å². The number of halogens is 1. The smallest absolute Gasteiger partial charge is 0.407 e. The number of hydrogen-bond acceptors (Lipinski definition) is 9. The van der Waals surface area contributed by atoms with Crippen LogP contribution in [0.2, 0.25) is 5.15 Å². The van der Waals surface area contributed by atoms with Gasteiger partial charge in [0.15, 0.2) is 0 Å². The Hall–Kier alpha value is -5.93. The van der Waals surface area contributed by atoms with E-state index in [0.29, 0.717) is 55.0 Å². The lowest BCUT2D eigenvalue weighted by atomic mass is 9.90. The first kappa shape index (κ1) is 46.6. The lowest BCUT2D eigenvalue weighted by Gasteiger charge is -2.36. The Balaban J connectivity index is 0.979. The number of nitrogens with zero attached hydrogens (tertiary/aromatic N) is 4. The van der Waals surface area contributed by atoms with Gasteiger partial charge in [-0.05, 0) is 97.2 Å². The first-order chi connectivity index (χ1) is 31.7. The second kappa shape index (κ2) is 19.5. The van der Waals surface area contributed by atoms with E-state index in [4.69, 9.17) is 35.8 Å². The third-order valence-corrected chi connectivity index (χ3v) is 14.6. The summed E-state index contributed by atoms with van der Waals surface area (Å²) in [5.41, 5.74) is 5.35. The molecule has 2 aromatic heterocycles. The van der Waals surface area contributed by atoms with E-state index in [1.807, 2.05) is 48.9 Å². The topological polar surface area (TPSA) is 184 Å². The Morgan fingerprint density at radius 3 is 1.89 bits per heavy atom. The number of benzene rings is 3. The quantitative estimate of drug-likeness (QED) is 0.100. The van der Waals surface area contributed by atoms with E-state index in [2.05, 4.69) is 89.9 Å². The minimum absolute atomic E-state index is 0.0534. The number of fused-ring (bicyclic) bond motifs is 1. The van der Waals surface area contributed by atoms with Crippen molar-refractivity contribution in [3.8, 4) is 33.6 Å². The average Bonchev–Trinajstić information content (AvgIpc) is 4.11. The summed E-state index contributed by atoms with van der Waals surface area (Å²) >= 11 is 6.82. The molecule has 3 aromatic carbocycles. The number of ether oxygens (including phenoxy) is 3. The molecule has 4 amide bonds. The van der Waals surface area contributed by atoms with Crippen LogP contribution < -0.4 is 10.6 Å². The highest BCUT2D eigenvalue weighted by Crippen LogP contribution is 2.43. The predicted octanol–water partition coefficient (Wildman–Crippen LogP) is 9.07. The predicted molar refractivity (Wildman–Crippen MR) is 252 cm³/mol. The minimum Gasteiger partial charge on any atom is -0.453 e. The third-order valence-electron chi connectivity index (χ3n) is 14.3. The van der Waals surface area contributed by atoms with Crippen molar-refractivity contribution in [3.63, 3.8) is 0 Å². The number of methoxy groups -OCH3 is 2. The van der Waals surface area contributed by atoms with Crippen molar-refractivity contribution in [2.45, 2.75) is 103 Å². The number of hydrogen-bond donors (Lipinski definition) is 4. The molecule has 3 aliphatic rings. The second-order valence-electron chi connectivity index (χ2n) is 18.7. The Morgan fingerprint density at radius 1 is 0.727 bits per heavy atom. The molecule has 66 heavy (non-hydrogen) atoms. The molecule has 8 atom stereocenters. The Bertz CT molecular complexity index is 2570. The highest BCUT2D eigenvalue weighted by molar-refractivity contribution is 6.32. The zero-order chi connectivity index (χ0) is 47.0. The summed E-state index contributed by atoms with van der Waals surface area (Å²) in [7, 11) is 2.60. The fraction of sp³-hybridized carbons (Fsp3) is 0.480. The van der Waals surface area contributed by atoms with Gasteiger partial charge in [0.05, 0.1) is 38.2 Å². The standard InChI is InChI=1S/C50H61ClN8O7/c1-26(2)41(55-49(62)64-7)47(60)59-30(6)28(4)22-40(59)46-54-42(44(51)57-46)32-11-9-31(10-12-32)34-13-14-36-24-37(16-15-35(36)23-34)38-25-52-45(53-38)39-21-27(3)29(5)58(39)48(61)43(56-50(63)65-8)33-17-19-66-20-18-33/h9-16,23-30,33,39-41,43H,17-22H2,1-8H3,(H,52,53)(H,54,57)(H,55,62)(H,56,63)/t27-,28-,29-,30-,39+,40+,41+,43+/m1/s1. The molecule has 3 saturated heterocycles. The van der Waals surface area contributed by atoms with Crippen molar-refractivity contribution in [1.82, 2.24) is 40.4 Å². The summed E-state index contributed by atoms with van der Waals surface area (Å²) in [6, 6.07) is 18.6. The van der Waals surface area contributed by atoms with Crippen molar-refractivity contribution >= 4 is 46.4 Å². The number of rotatable bonds is 11. The van der Waals surface area contributed by atoms with Gasteiger partial charge >= 0.3 is 12.2 Å². The summed E-state index contributed by atoms with van der Waals surface area (Å²) in [6.45, 7) is 13.2. The van der Waals surface area contributed by atoms with Crippen molar-refractivity contribution < 1.29 is 33.4 Å². The van der Waals surface area contributed by atoms with E-state index < -0.39 is 24.3 Å². The molecule has 0 spiro atoms. The zero-order valence-corrected chi connectivity index (χ0v) is 39.6. The summed E-state index contributed by atoms with van der Waals surface area (Å²) in [4.78, 5) is 73.3. The van der Waals surface area contributed by atoms with Gasteiger partial charge in [-0.1, -0.05) is 87.8 Å². The molecule has 15 nitrogen and oxygen atoms in total. The van der Waals surface area contributed by atoms with Crippen LogP contribution in [0.1, 0.15) is 91.0 Å². The van der Waals surface area contributed by atoms with Crippen molar-refractivity contribution in [2.24, 2.45) is 23.7 Å². The van der Waals surface area contributed by atoms with Gasteiger partial charge in [-0.2, -0.15) is 0 Å². The van der Waals surface area contributed by atoms with E-state index in [1.165, 1.54) is 14.2 Å². The monoisotopic (exact) mass is 920 g/mol. The van der Waals surface area contributed by atoms with Gasteiger partial charge in [-0.15, -0.1) is 0 Å². The average molecular weight is 922 g/mol. The van der Waals surface area contributed by atoms with E-state index in [1.54, 1.807) is 0 Å². The van der Waals surface area contributed by atoms with Gasteiger partial charge < -0.3 is 44.6 Å². The SMILES string of the molecule is COC(=O)N[C@H](C(=O)N1[C@H](C)[C@H](C)C[C@H]1c1nc(-c2ccc(-c3ccc4cc(-c5cnc([C@@H]6C[C@@H](C)[C@@H](C)N6C(=O)[C@@H](NC(=O)OC)C6CCOCC6)[nH]5)ccc4c3)cc2)c(Cl)[nH]1)C(C)C. The maximum atomic E-state index is 14.4. The largest absolute Gasteiger partial charge is 0.453 e. The third kappa shape index (κ3) is 9.24. The lowest BCUT2D eigenvalue weighted by molar-refractivity contribution is -0.139. The molecule has 8 rings (SSSR count). The van der Waals surface area contributed by atoms with E-state index in [-0.39, 0.29) is 59.7 Å².